The maximum atomic E-state index is 13.3. The van der Waals surface area contributed by atoms with Crippen molar-refractivity contribution in [1.29, 1.82) is 0 Å². The number of amides is 1. The third-order valence-electron chi connectivity index (χ3n) is 6.97. The third kappa shape index (κ3) is 4.05. The largest absolute Gasteiger partial charge is 0.312 e. The van der Waals surface area contributed by atoms with E-state index in [1.54, 1.807) is 27.4 Å². The number of carbonyl (C=O) groups excluding carboxylic acids is 1. The van der Waals surface area contributed by atoms with Gasteiger partial charge < -0.3 is 4.90 Å². The zero-order chi connectivity index (χ0) is 23.9. The van der Waals surface area contributed by atoms with Crippen LogP contribution >= 0.6 is 0 Å². The maximum absolute atomic E-state index is 13.3. The molecule has 0 atom stereocenters. The Kier molecular flexibility index (Phi) is 6.04. The lowest BCUT2D eigenvalue weighted by Crippen LogP contribution is -2.35. The summed E-state index contributed by atoms with van der Waals surface area (Å²) in [5.74, 6) is 0.00389. The minimum absolute atomic E-state index is 0.00389. The van der Waals surface area contributed by atoms with E-state index in [0.29, 0.717) is 31.0 Å². The first-order valence-electron chi connectivity index (χ1n) is 11.9. The smallest absolute Gasteiger partial charge is 0.243 e. The fraction of sp³-hybridized carbons (Fsp3) is 0.385. The summed E-state index contributed by atoms with van der Waals surface area (Å²) in [5, 5.41) is 4.66. The van der Waals surface area contributed by atoms with Gasteiger partial charge in [-0.25, -0.2) is 13.1 Å². The number of nitrogens with zero attached hydrogens (tertiary/aromatic N) is 4. The first-order chi connectivity index (χ1) is 16.4. The molecule has 1 saturated heterocycles. The van der Waals surface area contributed by atoms with Crippen molar-refractivity contribution in [2.75, 3.05) is 24.5 Å². The van der Waals surface area contributed by atoms with Crippen molar-refractivity contribution >= 4 is 21.6 Å². The number of benzene rings is 2. The van der Waals surface area contributed by atoms with Gasteiger partial charge in [0.05, 0.1) is 22.7 Å². The number of hydrogen-bond donors (Lipinski definition) is 0. The fourth-order valence-corrected chi connectivity index (χ4v) is 6.62. The third-order valence-corrected chi connectivity index (χ3v) is 8.86. The number of fused-ring (bicyclic) bond motifs is 1. The molecular weight excluding hydrogens is 448 g/mol. The van der Waals surface area contributed by atoms with Crippen LogP contribution in [0.1, 0.15) is 41.8 Å². The molecule has 1 amide bonds. The molecule has 0 radical (unpaired) electrons. The minimum Gasteiger partial charge on any atom is -0.312 e. The molecule has 0 N–H and O–H groups in total. The molecule has 2 aromatic carbocycles. The van der Waals surface area contributed by atoms with E-state index in [-0.39, 0.29) is 12.3 Å². The summed E-state index contributed by atoms with van der Waals surface area (Å²) in [6.45, 7) is 5.65. The Bertz CT molecular complexity index is 1330. The molecule has 0 unspecified atom stereocenters. The number of aromatic nitrogens is 2. The number of anilines is 1. The van der Waals surface area contributed by atoms with Gasteiger partial charge in [0.25, 0.3) is 0 Å². The lowest BCUT2D eigenvalue weighted by atomic mass is 10.1. The van der Waals surface area contributed by atoms with Crippen LogP contribution in [-0.4, -0.2) is 48.0 Å². The van der Waals surface area contributed by atoms with Gasteiger partial charge in [-0.1, -0.05) is 24.6 Å². The lowest BCUT2D eigenvalue weighted by molar-refractivity contribution is -0.117. The number of rotatable bonds is 5. The molecule has 3 heterocycles. The number of aryl methyl sites for hydroxylation is 1. The molecule has 7 nitrogen and oxygen atoms in total. The maximum Gasteiger partial charge on any atom is 0.243 e. The molecular formula is C26H30N4O3S. The van der Waals surface area contributed by atoms with Crippen molar-refractivity contribution < 1.29 is 13.2 Å². The van der Waals surface area contributed by atoms with Gasteiger partial charge in [0.1, 0.15) is 0 Å². The highest BCUT2D eigenvalue weighted by atomic mass is 32.2. The zero-order valence-corrected chi connectivity index (χ0v) is 20.5. The fourth-order valence-electron chi connectivity index (χ4n) is 5.05. The summed E-state index contributed by atoms with van der Waals surface area (Å²) in [4.78, 5) is 15.4. The monoisotopic (exact) mass is 478 g/mol. The molecule has 178 valence electrons. The topological polar surface area (TPSA) is 75.5 Å². The number of sulfonamides is 1. The molecule has 5 rings (SSSR count). The van der Waals surface area contributed by atoms with Gasteiger partial charge in [-0.05, 0) is 69.0 Å². The van der Waals surface area contributed by atoms with E-state index < -0.39 is 10.0 Å². The van der Waals surface area contributed by atoms with Gasteiger partial charge in [0, 0.05) is 36.6 Å². The zero-order valence-electron chi connectivity index (χ0n) is 19.7. The Morgan fingerprint density at radius 1 is 0.971 bits per heavy atom. The quantitative estimate of drug-likeness (QED) is 0.559. The van der Waals surface area contributed by atoms with Crippen molar-refractivity contribution in [1.82, 2.24) is 14.1 Å². The Morgan fingerprint density at radius 2 is 1.71 bits per heavy atom. The molecule has 3 aromatic rings. The molecule has 0 bridgehead atoms. The van der Waals surface area contributed by atoms with Crippen molar-refractivity contribution in [3.63, 3.8) is 0 Å². The van der Waals surface area contributed by atoms with Crippen LogP contribution < -0.4 is 4.90 Å². The van der Waals surface area contributed by atoms with Crippen LogP contribution in [0.5, 0.6) is 0 Å². The van der Waals surface area contributed by atoms with Gasteiger partial charge in [-0.2, -0.15) is 9.40 Å². The second-order valence-corrected chi connectivity index (χ2v) is 11.1. The number of hydrogen-bond acceptors (Lipinski definition) is 4. The van der Waals surface area contributed by atoms with E-state index in [1.807, 2.05) is 48.9 Å². The van der Waals surface area contributed by atoms with Crippen molar-refractivity contribution in [3.05, 3.63) is 71.0 Å². The van der Waals surface area contributed by atoms with E-state index >= 15 is 0 Å². The average Bonchev–Trinajstić information content (AvgIpc) is 3.41. The van der Waals surface area contributed by atoms with Crippen molar-refractivity contribution in [2.45, 2.75) is 50.8 Å². The summed E-state index contributed by atoms with van der Waals surface area (Å²) in [6.07, 6.45) is 3.82. The standard InChI is InChI=1S/C26H30N4O3S/c1-19-24(20(2)30(27-19)22-9-5-3-6-10-22)18-26(31)29-16-13-21-17-23(11-12-25(21)29)34(32,33)28-14-7-4-8-15-28/h3,5-6,9-12,17H,4,7-8,13-16,18H2,1-2H3. The summed E-state index contributed by atoms with van der Waals surface area (Å²) in [7, 11) is -3.49. The van der Waals surface area contributed by atoms with E-state index in [0.717, 1.165) is 53.2 Å². The first-order valence-corrected chi connectivity index (χ1v) is 13.3. The molecule has 8 heteroatoms. The van der Waals surface area contributed by atoms with E-state index in [4.69, 9.17) is 0 Å². The Balaban J connectivity index is 1.36. The lowest BCUT2D eigenvalue weighted by Gasteiger charge is -2.26. The van der Waals surface area contributed by atoms with Gasteiger partial charge >= 0.3 is 0 Å². The molecule has 0 spiro atoms. The Morgan fingerprint density at radius 3 is 2.44 bits per heavy atom. The molecule has 34 heavy (non-hydrogen) atoms. The van der Waals surface area contributed by atoms with Crippen LogP contribution in [0.25, 0.3) is 5.69 Å². The van der Waals surface area contributed by atoms with E-state index in [1.165, 1.54) is 0 Å². The Labute approximate surface area is 201 Å². The normalized spacial score (nSPS) is 16.6. The number of para-hydroxylation sites is 1. The summed E-state index contributed by atoms with van der Waals surface area (Å²) >= 11 is 0. The van der Waals surface area contributed by atoms with E-state index in [2.05, 4.69) is 5.10 Å². The highest BCUT2D eigenvalue weighted by molar-refractivity contribution is 7.89. The van der Waals surface area contributed by atoms with Gasteiger partial charge in [-0.15, -0.1) is 0 Å². The van der Waals surface area contributed by atoms with E-state index in [9.17, 15) is 13.2 Å². The molecule has 2 aliphatic rings. The second kappa shape index (κ2) is 9.00. The molecule has 0 saturated carbocycles. The minimum atomic E-state index is -3.49. The predicted molar refractivity (Wildman–Crippen MR) is 132 cm³/mol. The highest BCUT2D eigenvalue weighted by Crippen LogP contribution is 2.32. The van der Waals surface area contributed by atoms with Gasteiger partial charge in [0.2, 0.25) is 15.9 Å². The van der Waals surface area contributed by atoms with Gasteiger partial charge in [-0.3, -0.25) is 4.79 Å². The van der Waals surface area contributed by atoms with Crippen molar-refractivity contribution in [2.24, 2.45) is 0 Å². The highest BCUT2D eigenvalue weighted by Gasteiger charge is 2.30. The molecule has 1 aromatic heterocycles. The number of piperidine rings is 1. The summed E-state index contributed by atoms with van der Waals surface area (Å²) < 4.78 is 29.6. The van der Waals surface area contributed by atoms with Crippen LogP contribution in [0.2, 0.25) is 0 Å². The molecule has 0 aliphatic carbocycles. The van der Waals surface area contributed by atoms with Gasteiger partial charge in [0.15, 0.2) is 0 Å². The first kappa shape index (κ1) is 22.8. The summed E-state index contributed by atoms with van der Waals surface area (Å²) in [6, 6.07) is 15.1. The SMILES string of the molecule is Cc1nn(-c2ccccc2)c(C)c1CC(=O)N1CCc2cc(S(=O)(=O)N3CCCCC3)ccc21. The number of carbonyl (C=O) groups is 1. The van der Waals surface area contributed by atoms with Crippen LogP contribution in [0.3, 0.4) is 0 Å². The van der Waals surface area contributed by atoms with Crippen LogP contribution in [-0.2, 0) is 27.7 Å². The molecule has 1 fully saturated rings. The summed E-state index contributed by atoms with van der Waals surface area (Å²) in [5.41, 5.74) is 5.44. The average molecular weight is 479 g/mol. The van der Waals surface area contributed by atoms with Crippen LogP contribution in [0.15, 0.2) is 53.4 Å². The van der Waals surface area contributed by atoms with Crippen LogP contribution in [0, 0.1) is 13.8 Å². The molecule has 2 aliphatic heterocycles. The van der Waals surface area contributed by atoms with Crippen LogP contribution in [0.4, 0.5) is 5.69 Å². The second-order valence-electron chi connectivity index (χ2n) is 9.12. The predicted octanol–water partition coefficient (Wildman–Crippen LogP) is 3.80. The Hall–Kier alpha value is -2.97. The van der Waals surface area contributed by atoms with Crippen molar-refractivity contribution in [3.8, 4) is 5.69 Å².